The summed E-state index contributed by atoms with van der Waals surface area (Å²) in [6, 6.07) is 1.88. The molecule has 1 aliphatic heterocycles. The molecule has 0 saturated carbocycles. The van der Waals surface area contributed by atoms with Crippen molar-refractivity contribution in [3.63, 3.8) is 0 Å². The normalized spacial score (nSPS) is 20.7. The summed E-state index contributed by atoms with van der Waals surface area (Å²) in [5.74, 6) is 0.353. The SMILES string of the molecule is CCC1CN(C(=O)c2sccc2Br)CCC1=O. The lowest BCUT2D eigenvalue weighted by Crippen LogP contribution is -2.43. The first-order chi connectivity index (χ1) is 8.13. The number of rotatable bonds is 2. The number of hydrogen-bond donors (Lipinski definition) is 0. The molecule has 1 amide bonds. The standard InChI is InChI=1S/C12H14BrNO2S/c1-2-8-7-14(5-3-10(8)15)12(16)11-9(13)4-6-17-11/h4,6,8H,2-3,5,7H2,1H3. The van der Waals surface area contributed by atoms with Gasteiger partial charge in [-0.3, -0.25) is 9.59 Å². The lowest BCUT2D eigenvalue weighted by Gasteiger charge is -2.31. The molecule has 0 radical (unpaired) electrons. The predicted octanol–water partition coefficient (Wildman–Crippen LogP) is 2.95. The molecular formula is C12H14BrNO2S. The van der Waals surface area contributed by atoms with Crippen molar-refractivity contribution >= 4 is 39.0 Å². The Hall–Kier alpha value is -0.680. The maximum Gasteiger partial charge on any atom is 0.265 e. The first kappa shape index (κ1) is 12.8. The molecule has 0 aliphatic carbocycles. The second-order valence-electron chi connectivity index (χ2n) is 4.17. The molecule has 1 saturated heterocycles. The van der Waals surface area contributed by atoms with Crippen LogP contribution in [0.4, 0.5) is 0 Å². The Bertz CT molecular complexity index is 443. The van der Waals surface area contributed by atoms with Crippen molar-refractivity contribution in [2.45, 2.75) is 19.8 Å². The molecule has 3 nitrogen and oxygen atoms in total. The smallest absolute Gasteiger partial charge is 0.265 e. The minimum atomic E-state index is 0.0198. The number of thiophene rings is 1. The zero-order valence-electron chi connectivity index (χ0n) is 9.61. The molecule has 1 aromatic heterocycles. The van der Waals surface area contributed by atoms with E-state index in [-0.39, 0.29) is 11.8 Å². The fourth-order valence-electron chi connectivity index (χ4n) is 2.04. The molecule has 0 aromatic carbocycles. The highest BCUT2D eigenvalue weighted by Gasteiger charge is 2.30. The zero-order chi connectivity index (χ0) is 12.4. The number of amides is 1. The third-order valence-corrected chi connectivity index (χ3v) is 4.94. The van der Waals surface area contributed by atoms with Crippen molar-refractivity contribution in [3.8, 4) is 0 Å². The molecule has 0 bridgehead atoms. The lowest BCUT2D eigenvalue weighted by atomic mass is 9.94. The van der Waals surface area contributed by atoms with Crippen molar-refractivity contribution in [1.82, 2.24) is 4.90 Å². The average Bonchev–Trinajstić information content (AvgIpc) is 2.75. The number of nitrogens with zero attached hydrogens (tertiary/aromatic N) is 1. The topological polar surface area (TPSA) is 37.4 Å². The molecule has 92 valence electrons. The largest absolute Gasteiger partial charge is 0.337 e. The van der Waals surface area contributed by atoms with E-state index >= 15 is 0 Å². The minimum Gasteiger partial charge on any atom is -0.337 e. The van der Waals surface area contributed by atoms with Gasteiger partial charge in [0.05, 0.1) is 0 Å². The summed E-state index contributed by atoms with van der Waals surface area (Å²) >= 11 is 4.81. The van der Waals surface area contributed by atoms with Gasteiger partial charge in [-0.1, -0.05) is 6.92 Å². The maximum atomic E-state index is 12.2. The van der Waals surface area contributed by atoms with E-state index in [4.69, 9.17) is 0 Å². The van der Waals surface area contributed by atoms with Gasteiger partial charge < -0.3 is 4.90 Å². The quantitative estimate of drug-likeness (QED) is 0.841. The lowest BCUT2D eigenvalue weighted by molar-refractivity contribution is -0.125. The molecule has 0 spiro atoms. The van der Waals surface area contributed by atoms with Crippen LogP contribution in [0.1, 0.15) is 29.4 Å². The highest BCUT2D eigenvalue weighted by atomic mass is 79.9. The number of carbonyl (C=O) groups excluding carboxylic acids is 2. The Balaban J connectivity index is 2.11. The van der Waals surface area contributed by atoms with Crippen molar-refractivity contribution in [3.05, 3.63) is 20.8 Å². The number of halogens is 1. The van der Waals surface area contributed by atoms with Gasteiger partial charge in [0, 0.05) is 29.9 Å². The minimum absolute atomic E-state index is 0.0198. The van der Waals surface area contributed by atoms with Gasteiger partial charge in [0.15, 0.2) is 0 Å². The van der Waals surface area contributed by atoms with Crippen LogP contribution in [0.15, 0.2) is 15.9 Å². The number of carbonyl (C=O) groups is 2. The molecule has 1 aliphatic rings. The predicted molar refractivity (Wildman–Crippen MR) is 71.3 cm³/mol. The van der Waals surface area contributed by atoms with Gasteiger partial charge in [0.1, 0.15) is 10.7 Å². The van der Waals surface area contributed by atoms with Crippen LogP contribution in [0.2, 0.25) is 0 Å². The van der Waals surface area contributed by atoms with E-state index in [1.807, 2.05) is 18.4 Å². The van der Waals surface area contributed by atoms with Crippen LogP contribution in [-0.4, -0.2) is 29.7 Å². The summed E-state index contributed by atoms with van der Waals surface area (Å²) in [5, 5.41) is 1.89. The summed E-state index contributed by atoms with van der Waals surface area (Å²) < 4.78 is 0.845. The van der Waals surface area contributed by atoms with E-state index in [0.29, 0.717) is 25.3 Å². The summed E-state index contributed by atoms with van der Waals surface area (Å²) in [5.41, 5.74) is 0. The van der Waals surface area contributed by atoms with Crippen LogP contribution in [0, 0.1) is 5.92 Å². The van der Waals surface area contributed by atoms with E-state index in [0.717, 1.165) is 15.8 Å². The van der Waals surface area contributed by atoms with Gasteiger partial charge in [0.2, 0.25) is 0 Å². The number of likely N-dealkylation sites (tertiary alicyclic amines) is 1. The molecule has 0 N–H and O–H groups in total. The molecule has 1 atom stereocenters. The summed E-state index contributed by atoms with van der Waals surface area (Å²) in [7, 11) is 0. The monoisotopic (exact) mass is 315 g/mol. The van der Waals surface area contributed by atoms with E-state index in [1.165, 1.54) is 11.3 Å². The van der Waals surface area contributed by atoms with Crippen LogP contribution in [0.5, 0.6) is 0 Å². The Morgan fingerprint density at radius 3 is 3.00 bits per heavy atom. The third-order valence-electron chi connectivity index (χ3n) is 3.12. The summed E-state index contributed by atoms with van der Waals surface area (Å²) in [6.45, 7) is 3.12. The fraction of sp³-hybridized carbons (Fsp3) is 0.500. The van der Waals surface area contributed by atoms with E-state index in [1.54, 1.807) is 4.90 Å². The Labute approximate surface area is 113 Å². The zero-order valence-corrected chi connectivity index (χ0v) is 12.0. The first-order valence-electron chi connectivity index (χ1n) is 5.68. The molecule has 5 heteroatoms. The second-order valence-corrected chi connectivity index (χ2v) is 5.94. The second kappa shape index (κ2) is 5.31. The molecule has 1 unspecified atom stereocenters. The summed E-state index contributed by atoms with van der Waals surface area (Å²) in [6.07, 6.45) is 1.31. The van der Waals surface area contributed by atoms with Gasteiger partial charge >= 0.3 is 0 Å². The maximum absolute atomic E-state index is 12.2. The number of ketones is 1. The summed E-state index contributed by atoms with van der Waals surface area (Å²) in [4.78, 5) is 26.4. The first-order valence-corrected chi connectivity index (χ1v) is 7.35. The highest BCUT2D eigenvalue weighted by molar-refractivity contribution is 9.10. The number of Topliss-reactive ketones (excluding diaryl/α,β-unsaturated/α-hetero) is 1. The van der Waals surface area contributed by atoms with Crippen LogP contribution < -0.4 is 0 Å². The van der Waals surface area contributed by atoms with Gasteiger partial charge in [-0.2, -0.15) is 0 Å². The van der Waals surface area contributed by atoms with E-state index in [2.05, 4.69) is 15.9 Å². The average molecular weight is 316 g/mol. The van der Waals surface area contributed by atoms with Crippen LogP contribution in [0.3, 0.4) is 0 Å². The molecule has 17 heavy (non-hydrogen) atoms. The molecule has 1 fully saturated rings. The third kappa shape index (κ3) is 2.60. The van der Waals surface area contributed by atoms with Gasteiger partial charge in [-0.05, 0) is 33.8 Å². The number of piperidine rings is 1. The van der Waals surface area contributed by atoms with Gasteiger partial charge in [0.25, 0.3) is 5.91 Å². The van der Waals surface area contributed by atoms with Gasteiger partial charge in [-0.15, -0.1) is 11.3 Å². The van der Waals surface area contributed by atoms with Crippen molar-refractivity contribution < 1.29 is 9.59 Å². The van der Waals surface area contributed by atoms with Crippen LogP contribution in [-0.2, 0) is 4.79 Å². The van der Waals surface area contributed by atoms with Crippen molar-refractivity contribution in [2.24, 2.45) is 5.92 Å². The molecule has 1 aromatic rings. The van der Waals surface area contributed by atoms with Crippen molar-refractivity contribution in [2.75, 3.05) is 13.1 Å². The Morgan fingerprint density at radius 1 is 1.65 bits per heavy atom. The van der Waals surface area contributed by atoms with Crippen molar-refractivity contribution in [1.29, 1.82) is 0 Å². The highest BCUT2D eigenvalue weighted by Crippen LogP contribution is 2.26. The molecule has 2 heterocycles. The molecular weight excluding hydrogens is 302 g/mol. The van der Waals surface area contributed by atoms with Crippen LogP contribution in [0.25, 0.3) is 0 Å². The van der Waals surface area contributed by atoms with E-state index < -0.39 is 0 Å². The Morgan fingerprint density at radius 2 is 2.41 bits per heavy atom. The fourth-order valence-corrected chi connectivity index (χ4v) is 3.55. The van der Waals surface area contributed by atoms with Gasteiger partial charge in [-0.25, -0.2) is 0 Å². The van der Waals surface area contributed by atoms with E-state index in [9.17, 15) is 9.59 Å². The van der Waals surface area contributed by atoms with Crippen LogP contribution >= 0.6 is 27.3 Å². The Kier molecular flexibility index (Phi) is 3.99. The number of hydrogen-bond acceptors (Lipinski definition) is 3. The molecule has 2 rings (SSSR count).